The van der Waals surface area contributed by atoms with Gasteiger partial charge in [0, 0.05) is 22.9 Å². The Morgan fingerprint density at radius 1 is 0.839 bits per heavy atom. The summed E-state index contributed by atoms with van der Waals surface area (Å²) in [5.41, 5.74) is 1.75. The van der Waals surface area contributed by atoms with Crippen molar-refractivity contribution in [1.29, 1.82) is 0 Å². The summed E-state index contributed by atoms with van der Waals surface area (Å²) >= 11 is 0. The molecule has 0 bridgehead atoms. The third-order valence-electron chi connectivity index (χ3n) is 4.82. The van der Waals surface area contributed by atoms with Crippen LogP contribution in [0.15, 0.2) is 72.8 Å². The van der Waals surface area contributed by atoms with Gasteiger partial charge in [0.25, 0.3) is 5.91 Å². The Hall–Kier alpha value is -3.80. The standard InChI is InChI=1S/C25H24N2O4/c1-2-30-21-12-14-23(15-13-21)31-22-10-8-19(9-11-22)26-25(29)18-4-3-5-20(16-18)27-24(28)17-6-7-17/h3-5,8-17H,2,6-7H2,1H3,(H,26,29)(H,27,28). The van der Waals surface area contributed by atoms with Crippen LogP contribution in [0.25, 0.3) is 0 Å². The summed E-state index contributed by atoms with van der Waals surface area (Å²) in [6.45, 7) is 2.56. The molecule has 2 N–H and O–H groups in total. The Balaban J connectivity index is 1.35. The fraction of sp³-hybridized carbons (Fsp3) is 0.200. The number of carbonyl (C=O) groups is 2. The SMILES string of the molecule is CCOc1ccc(Oc2ccc(NC(=O)c3cccc(NC(=O)C4CC4)c3)cc2)cc1. The van der Waals surface area contributed by atoms with Gasteiger partial charge in [0.05, 0.1) is 6.61 Å². The second kappa shape index (κ2) is 9.34. The largest absolute Gasteiger partial charge is 0.494 e. The van der Waals surface area contributed by atoms with E-state index in [1.807, 2.05) is 31.2 Å². The van der Waals surface area contributed by atoms with Gasteiger partial charge in [0.1, 0.15) is 17.2 Å². The predicted molar refractivity (Wildman–Crippen MR) is 120 cm³/mol. The summed E-state index contributed by atoms with van der Waals surface area (Å²) < 4.78 is 11.2. The van der Waals surface area contributed by atoms with Crippen molar-refractivity contribution in [1.82, 2.24) is 0 Å². The number of benzene rings is 3. The average Bonchev–Trinajstić information content (AvgIpc) is 3.62. The molecule has 6 heteroatoms. The van der Waals surface area contributed by atoms with Crippen molar-refractivity contribution in [3.8, 4) is 17.2 Å². The maximum atomic E-state index is 12.6. The molecule has 0 aromatic heterocycles. The Bertz CT molecular complexity index is 1060. The molecule has 0 unspecified atom stereocenters. The van der Waals surface area contributed by atoms with Gasteiger partial charge in [-0.15, -0.1) is 0 Å². The second-order valence-corrected chi connectivity index (χ2v) is 7.33. The van der Waals surface area contributed by atoms with E-state index in [2.05, 4.69) is 10.6 Å². The quantitative estimate of drug-likeness (QED) is 0.510. The molecule has 1 aliphatic rings. The second-order valence-electron chi connectivity index (χ2n) is 7.33. The zero-order valence-corrected chi connectivity index (χ0v) is 17.3. The zero-order chi connectivity index (χ0) is 21.6. The lowest BCUT2D eigenvalue weighted by Gasteiger charge is -2.10. The summed E-state index contributed by atoms with van der Waals surface area (Å²) in [7, 11) is 0. The van der Waals surface area contributed by atoms with E-state index in [1.54, 1.807) is 48.5 Å². The molecule has 0 heterocycles. The number of ether oxygens (including phenoxy) is 2. The summed E-state index contributed by atoms with van der Waals surface area (Å²) in [5.74, 6) is 2.03. The van der Waals surface area contributed by atoms with Crippen molar-refractivity contribution in [3.63, 3.8) is 0 Å². The van der Waals surface area contributed by atoms with E-state index in [0.29, 0.717) is 35.0 Å². The number of hydrogen-bond acceptors (Lipinski definition) is 4. The molecule has 31 heavy (non-hydrogen) atoms. The van der Waals surface area contributed by atoms with Crippen LogP contribution >= 0.6 is 0 Å². The lowest BCUT2D eigenvalue weighted by atomic mass is 10.1. The molecule has 0 spiro atoms. The molecular weight excluding hydrogens is 392 g/mol. The van der Waals surface area contributed by atoms with E-state index >= 15 is 0 Å². The van der Waals surface area contributed by atoms with Gasteiger partial charge in [0.15, 0.2) is 0 Å². The zero-order valence-electron chi connectivity index (χ0n) is 17.3. The fourth-order valence-electron chi connectivity index (χ4n) is 3.04. The number of carbonyl (C=O) groups excluding carboxylic acids is 2. The maximum Gasteiger partial charge on any atom is 0.255 e. The van der Waals surface area contributed by atoms with Crippen LogP contribution in [0.1, 0.15) is 30.1 Å². The van der Waals surface area contributed by atoms with Gasteiger partial charge in [-0.25, -0.2) is 0 Å². The molecule has 158 valence electrons. The van der Waals surface area contributed by atoms with Gasteiger partial charge >= 0.3 is 0 Å². The van der Waals surface area contributed by atoms with Crippen LogP contribution in [0.5, 0.6) is 17.2 Å². The molecule has 0 aliphatic heterocycles. The Labute approximate surface area is 181 Å². The number of amides is 2. The Morgan fingerprint density at radius 3 is 2.13 bits per heavy atom. The molecule has 4 rings (SSSR count). The van der Waals surface area contributed by atoms with Crippen LogP contribution in [0.4, 0.5) is 11.4 Å². The van der Waals surface area contributed by atoms with Gasteiger partial charge in [-0.3, -0.25) is 9.59 Å². The lowest BCUT2D eigenvalue weighted by molar-refractivity contribution is -0.117. The Morgan fingerprint density at radius 2 is 1.48 bits per heavy atom. The summed E-state index contributed by atoms with van der Waals surface area (Å²) in [5, 5.41) is 5.72. The minimum atomic E-state index is -0.247. The highest BCUT2D eigenvalue weighted by atomic mass is 16.5. The fourth-order valence-corrected chi connectivity index (χ4v) is 3.04. The van der Waals surface area contributed by atoms with E-state index in [-0.39, 0.29) is 17.7 Å². The monoisotopic (exact) mass is 416 g/mol. The maximum absolute atomic E-state index is 12.6. The normalized spacial score (nSPS) is 12.7. The van der Waals surface area contributed by atoms with E-state index in [1.165, 1.54) is 0 Å². The predicted octanol–water partition coefficient (Wildman–Crippen LogP) is 5.48. The third-order valence-corrected chi connectivity index (χ3v) is 4.82. The van der Waals surface area contributed by atoms with Crippen molar-refractivity contribution in [3.05, 3.63) is 78.4 Å². The first kappa shape index (κ1) is 20.5. The summed E-state index contributed by atoms with van der Waals surface area (Å²) in [4.78, 5) is 24.5. The number of hydrogen-bond donors (Lipinski definition) is 2. The highest BCUT2D eigenvalue weighted by molar-refractivity contribution is 6.05. The van der Waals surface area contributed by atoms with Crippen molar-refractivity contribution in [2.75, 3.05) is 17.2 Å². The molecule has 1 aliphatic carbocycles. The molecule has 1 fully saturated rings. The van der Waals surface area contributed by atoms with Gasteiger partial charge in [-0.05, 0) is 86.5 Å². The minimum Gasteiger partial charge on any atom is -0.494 e. The summed E-state index contributed by atoms with van der Waals surface area (Å²) in [6, 6.07) is 21.5. The molecule has 2 amide bonds. The van der Waals surface area contributed by atoms with Gasteiger partial charge in [0.2, 0.25) is 5.91 Å². The van der Waals surface area contributed by atoms with E-state index in [0.717, 1.165) is 18.6 Å². The van der Waals surface area contributed by atoms with Crippen molar-refractivity contribution < 1.29 is 19.1 Å². The minimum absolute atomic E-state index is 0.0145. The first-order chi connectivity index (χ1) is 15.1. The number of anilines is 2. The van der Waals surface area contributed by atoms with Crippen LogP contribution < -0.4 is 20.1 Å². The van der Waals surface area contributed by atoms with Crippen LogP contribution in [0, 0.1) is 5.92 Å². The number of nitrogens with one attached hydrogen (secondary N) is 2. The topological polar surface area (TPSA) is 76.7 Å². The van der Waals surface area contributed by atoms with Crippen molar-refractivity contribution in [2.45, 2.75) is 19.8 Å². The van der Waals surface area contributed by atoms with Crippen LogP contribution in [0.2, 0.25) is 0 Å². The molecule has 0 radical (unpaired) electrons. The number of rotatable bonds is 8. The summed E-state index contributed by atoms with van der Waals surface area (Å²) in [6.07, 6.45) is 1.87. The average molecular weight is 416 g/mol. The highest BCUT2D eigenvalue weighted by Gasteiger charge is 2.29. The van der Waals surface area contributed by atoms with Crippen molar-refractivity contribution >= 4 is 23.2 Å². The Kier molecular flexibility index (Phi) is 6.17. The van der Waals surface area contributed by atoms with E-state index < -0.39 is 0 Å². The van der Waals surface area contributed by atoms with Gasteiger partial charge in [-0.2, -0.15) is 0 Å². The third kappa shape index (κ3) is 5.63. The van der Waals surface area contributed by atoms with Gasteiger partial charge < -0.3 is 20.1 Å². The lowest BCUT2D eigenvalue weighted by Crippen LogP contribution is -2.15. The van der Waals surface area contributed by atoms with E-state index in [9.17, 15) is 9.59 Å². The highest BCUT2D eigenvalue weighted by Crippen LogP contribution is 2.30. The molecular formula is C25H24N2O4. The molecule has 0 saturated heterocycles. The molecule has 6 nitrogen and oxygen atoms in total. The van der Waals surface area contributed by atoms with Crippen LogP contribution in [-0.2, 0) is 4.79 Å². The van der Waals surface area contributed by atoms with Gasteiger partial charge in [-0.1, -0.05) is 6.07 Å². The molecule has 3 aromatic rings. The van der Waals surface area contributed by atoms with Crippen molar-refractivity contribution in [2.24, 2.45) is 5.92 Å². The molecule has 3 aromatic carbocycles. The van der Waals surface area contributed by atoms with Crippen LogP contribution in [0.3, 0.4) is 0 Å². The van der Waals surface area contributed by atoms with Crippen LogP contribution in [-0.4, -0.2) is 18.4 Å². The molecule has 1 saturated carbocycles. The first-order valence-electron chi connectivity index (χ1n) is 10.3. The smallest absolute Gasteiger partial charge is 0.255 e. The molecule has 0 atom stereocenters. The van der Waals surface area contributed by atoms with E-state index in [4.69, 9.17) is 9.47 Å². The first-order valence-corrected chi connectivity index (χ1v) is 10.3.